The molecule has 0 aliphatic rings. The van der Waals surface area contributed by atoms with E-state index in [9.17, 15) is 4.79 Å². The molecule has 0 radical (unpaired) electrons. The first-order chi connectivity index (χ1) is 13.9. The van der Waals surface area contributed by atoms with Crippen molar-refractivity contribution in [2.75, 3.05) is 12.4 Å². The lowest BCUT2D eigenvalue weighted by Crippen LogP contribution is -2.22. The molecular weight excluding hydrogens is 388 g/mol. The fourth-order valence-electron chi connectivity index (χ4n) is 2.53. The van der Waals surface area contributed by atoms with E-state index < -0.39 is 0 Å². The molecule has 2 aromatic heterocycles. The third kappa shape index (κ3) is 5.68. The first-order valence-corrected chi connectivity index (χ1v) is 9.89. The van der Waals surface area contributed by atoms with Crippen molar-refractivity contribution in [3.05, 3.63) is 60.0 Å². The molecule has 0 spiro atoms. The average molecular weight is 410 g/mol. The molecular formula is C21H22N4O3S. The van der Waals surface area contributed by atoms with Gasteiger partial charge in [-0.2, -0.15) is 0 Å². The number of methoxy groups -OCH3 is 1. The van der Waals surface area contributed by atoms with E-state index in [0.29, 0.717) is 28.2 Å². The summed E-state index contributed by atoms with van der Waals surface area (Å²) in [6.07, 6.45) is 1.55. The summed E-state index contributed by atoms with van der Waals surface area (Å²) in [7, 11) is 1.58. The quantitative estimate of drug-likeness (QED) is 0.456. The fourth-order valence-corrected chi connectivity index (χ4v) is 3.41. The first kappa shape index (κ1) is 20.6. The molecule has 1 atom stereocenters. The molecule has 1 amide bonds. The monoisotopic (exact) mass is 410 g/mol. The molecule has 0 fully saturated rings. The second kappa shape index (κ2) is 9.38. The van der Waals surface area contributed by atoms with Crippen LogP contribution >= 0.6 is 11.8 Å². The Hall–Kier alpha value is -3.13. The maximum atomic E-state index is 12.5. The molecule has 1 N–H and O–H groups in total. The number of hydrogen-bond donors (Lipinski definition) is 1. The summed E-state index contributed by atoms with van der Waals surface area (Å²) in [6, 6.07) is 12.6. The summed E-state index contributed by atoms with van der Waals surface area (Å²) in [5.74, 6) is 1.43. The number of aromatic nitrogens is 3. The van der Waals surface area contributed by atoms with E-state index in [1.165, 1.54) is 11.8 Å². The Labute approximate surface area is 173 Å². The van der Waals surface area contributed by atoms with Crippen LogP contribution < -0.4 is 14.8 Å². The number of carbonyl (C=O) groups is 1. The Kier molecular flexibility index (Phi) is 6.66. The zero-order valence-corrected chi connectivity index (χ0v) is 17.5. The summed E-state index contributed by atoms with van der Waals surface area (Å²) in [5, 5.41) is 3.07. The minimum atomic E-state index is -0.360. The van der Waals surface area contributed by atoms with Gasteiger partial charge in [-0.1, -0.05) is 23.9 Å². The van der Waals surface area contributed by atoms with E-state index in [2.05, 4.69) is 20.3 Å². The SMILES string of the molecule is COc1ccccc1Oc1ccc(NC(=O)C(C)Sc2nc(C)cc(C)n2)cn1. The Bertz CT molecular complexity index is 975. The number of rotatable bonds is 7. The van der Waals surface area contributed by atoms with Crippen molar-refractivity contribution >= 4 is 23.4 Å². The third-order valence-corrected chi connectivity index (χ3v) is 4.86. The number of anilines is 1. The van der Waals surface area contributed by atoms with Crippen LogP contribution in [0.2, 0.25) is 0 Å². The van der Waals surface area contributed by atoms with Crippen LogP contribution in [0.25, 0.3) is 0 Å². The van der Waals surface area contributed by atoms with E-state index in [-0.39, 0.29) is 11.2 Å². The minimum Gasteiger partial charge on any atom is -0.493 e. The number of benzene rings is 1. The number of ether oxygens (including phenoxy) is 2. The van der Waals surface area contributed by atoms with Gasteiger partial charge in [0.05, 0.1) is 24.2 Å². The smallest absolute Gasteiger partial charge is 0.237 e. The number of nitrogens with zero attached hydrogens (tertiary/aromatic N) is 3. The number of hydrogen-bond acceptors (Lipinski definition) is 7. The molecule has 150 valence electrons. The van der Waals surface area contributed by atoms with Gasteiger partial charge in [0.1, 0.15) is 0 Å². The maximum absolute atomic E-state index is 12.5. The highest BCUT2D eigenvalue weighted by atomic mass is 32.2. The van der Waals surface area contributed by atoms with Gasteiger partial charge < -0.3 is 14.8 Å². The second-order valence-electron chi connectivity index (χ2n) is 6.32. The zero-order valence-electron chi connectivity index (χ0n) is 16.7. The lowest BCUT2D eigenvalue weighted by molar-refractivity contribution is -0.115. The van der Waals surface area contributed by atoms with Crippen LogP contribution in [0, 0.1) is 13.8 Å². The van der Waals surface area contributed by atoms with Crippen molar-refractivity contribution in [1.29, 1.82) is 0 Å². The van der Waals surface area contributed by atoms with Crippen molar-refractivity contribution in [1.82, 2.24) is 15.0 Å². The predicted octanol–water partition coefficient (Wildman–Crippen LogP) is 4.41. The number of carbonyl (C=O) groups excluding carboxylic acids is 1. The van der Waals surface area contributed by atoms with Crippen LogP contribution in [0.4, 0.5) is 5.69 Å². The lowest BCUT2D eigenvalue weighted by atomic mass is 10.3. The summed E-state index contributed by atoms with van der Waals surface area (Å²) in [6.45, 7) is 5.63. The standard InChI is InChI=1S/C21H22N4O3S/c1-13-11-14(2)24-21(23-13)29-15(3)20(26)25-16-9-10-19(22-12-16)28-18-8-6-5-7-17(18)27-4/h5-12,15H,1-4H3,(H,25,26). The van der Waals surface area contributed by atoms with Crippen LogP contribution in [0.3, 0.4) is 0 Å². The van der Waals surface area contributed by atoms with Gasteiger partial charge in [0.25, 0.3) is 0 Å². The average Bonchev–Trinajstić information content (AvgIpc) is 2.69. The van der Waals surface area contributed by atoms with E-state index >= 15 is 0 Å². The summed E-state index contributed by atoms with van der Waals surface area (Å²) >= 11 is 1.32. The van der Waals surface area contributed by atoms with Crippen molar-refractivity contribution in [2.45, 2.75) is 31.2 Å². The second-order valence-corrected chi connectivity index (χ2v) is 7.63. The Morgan fingerprint density at radius 1 is 1.07 bits per heavy atom. The van der Waals surface area contributed by atoms with Gasteiger partial charge in [-0.05, 0) is 45.0 Å². The van der Waals surface area contributed by atoms with Crippen LogP contribution in [0.15, 0.2) is 53.8 Å². The van der Waals surface area contributed by atoms with E-state index in [0.717, 1.165) is 11.4 Å². The van der Waals surface area contributed by atoms with Gasteiger partial charge in [0.2, 0.25) is 11.8 Å². The molecule has 1 unspecified atom stereocenters. The Balaban J connectivity index is 1.60. The molecule has 7 nitrogen and oxygen atoms in total. The summed E-state index contributed by atoms with van der Waals surface area (Å²) in [5.41, 5.74) is 2.33. The van der Waals surface area contributed by atoms with Gasteiger partial charge in [0.15, 0.2) is 16.7 Å². The highest BCUT2D eigenvalue weighted by molar-refractivity contribution is 8.00. The highest BCUT2D eigenvalue weighted by Gasteiger charge is 2.17. The van der Waals surface area contributed by atoms with Crippen LogP contribution in [-0.4, -0.2) is 33.2 Å². The summed E-state index contributed by atoms with van der Waals surface area (Å²) in [4.78, 5) is 25.5. The fraction of sp³-hybridized carbons (Fsp3) is 0.238. The molecule has 1 aromatic carbocycles. The van der Waals surface area contributed by atoms with Gasteiger partial charge in [-0.3, -0.25) is 4.79 Å². The maximum Gasteiger partial charge on any atom is 0.237 e. The number of thioether (sulfide) groups is 1. The molecule has 3 rings (SSSR count). The van der Waals surface area contributed by atoms with Crippen molar-refractivity contribution in [3.63, 3.8) is 0 Å². The number of nitrogens with one attached hydrogen (secondary N) is 1. The van der Waals surface area contributed by atoms with E-state index in [1.54, 1.807) is 31.5 Å². The lowest BCUT2D eigenvalue weighted by Gasteiger charge is -2.12. The molecule has 8 heteroatoms. The van der Waals surface area contributed by atoms with Crippen LogP contribution in [0.1, 0.15) is 18.3 Å². The van der Waals surface area contributed by atoms with Gasteiger partial charge in [-0.15, -0.1) is 0 Å². The molecule has 3 aromatic rings. The van der Waals surface area contributed by atoms with Gasteiger partial charge >= 0.3 is 0 Å². The van der Waals surface area contributed by atoms with Crippen LogP contribution in [0.5, 0.6) is 17.4 Å². The van der Waals surface area contributed by atoms with Crippen molar-refractivity contribution < 1.29 is 14.3 Å². The van der Waals surface area contributed by atoms with Gasteiger partial charge in [0, 0.05) is 17.5 Å². The molecule has 0 saturated carbocycles. The molecule has 0 aliphatic carbocycles. The molecule has 0 bridgehead atoms. The first-order valence-electron chi connectivity index (χ1n) is 9.01. The largest absolute Gasteiger partial charge is 0.493 e. The van der Waals surface area contributed by atoms with E-state index in [4.69, 9.17) is 9.47 Å². The molecule has 0 aliphatic heterocycles. The molecule has 29 heavy (non-hydrogen) atoms. The molecule has 0 saturated heterocycles. The Morgan fingerprint density at radius 2 is 1.76 bits per heavy atom. The highest BCUT2D eigenvalue weighted by Crippen LogP contribution is 2.30. The number of para-hydroxylation sites is 2. The Morgan fingerprint density at radius 3 is 2.38 bits per heavy atom. The zero-order chi connectivity index (χ0) is 20.8. The predicted molar refractivity (Wildman–Crippen MR) is 113 cm³/mol. The number of aryl methyl sites for hydroxylation is 2. The van der Waals surface area contributed by atoms with E-state index in [1.807, 2.05) is 45.0 Å². The molecule has 2 heterocycles. The van der Waals surface area contributed by atoms with Crippen molar-refractivity contribution in [2.24, 2.45) is 0 Å². The van der Waals surface area contributed by atoms with Gasteiger partial charge in [-0.25, -0.2) is 15.0 Å². The normalized spacial score (nSPS) is 11.6. The number of amides is 1. The minimum absolute atomic E-state index is 0.155. The number of pyridine rings is 1. The van der Waals surface area contributed by atoms with Crippen molar-refractivity contribution in [3.8, 4) is 17.4 Å². The topological polar surface area (TPSA) is 86.2 Å². The summed E-state index contributed by atoms with van der Waals surface area (Å²) < 4.78 is 11.0. The van der Waals surface area contributed by atoms with Crippen LogP contribution in [-0.2, 0) is 4.79 Å². The third-order valence-electron chi connectivity index (χ3n) is 3.90.